The lowest BCUT2D eigenvalue weighted by Gasteiger charge is -2.03. The molecule has 2 N–H and O–H groups in total. The number of hydrogen-bond acceptors (Lipinski definition) is 4. The molecule has 2 aromatic rings. The van der Waals surface area contributed by atoms with Gasteiger partial charge in [-0.25, -0.2) is 13.8 Å². The molecule has 0 unspecified atom stereocenters. The highest BCUT2D eigenvalue weighted by Gasteiger charge is 2.12. The summed E-state index contributed by atoms with van der Waals surface area (Å²) in [5.41, 5.74) is 5.38. The second-order valence-electron chi connectivity index (χ2n) is 2.71. The van der Waals surface area contributed by atoms with Gasteiger partial charge in [0.1, 0.15) is 11.6 Å². The van der Waals surface area contributed by atoms with Gasteiger partial charge in [0.05, 0.1) is 4.90 Å². The second-order valence-corrected chi connectivity index (χ2v) is 4.87. The van der Waals surface area contributed by atoms with Crippen molar-refractivity contribution in [1.82, 2.24) is 4.98 Å². The van der Waals surface area contributed by atoms with E-state index in [1.54, 1.807) is 11.6 Å². The molecule has 78 valence electrons. The first-order chi connectivity index (χ1) is 7.16. The Morgan fingerprint density at radius 3 is 2.47 bits per heavy atom. The van der Waals surface area contributed by atoms with Crippen molar-refractivity contribution < 1.29 is 8.78 Å². The molecule has 1 aromatic carbocycles. The molecule has 0 fully saturated rings. The van der Waals surface area contributed by atoms with Gasteiger partial charge in [0.2, 0.25) is 0 Å². The van der Waals surface area contributed by atoms with Gasteiger partial charge < -0.3 is 5.73 Å². The van der Waals surface area contributed by atoms with E-state index in [-0.39, 0.29) is 10.6 Å². The number of halogens is 2. The van der Waals surface area contributed by atoms with E-state index in [0.29, 0.717) is 4.34 Å². The van der Waals surface area contributed by atoms with Crippen molar-refractivity contribution in [3.05, 3.63) is 35.3 Å². The van der Waals surface area contributed by atoms with Crippen molar-refractivity contribution >= 4 is 28.8 Å². The van der Waals surface area contributed by atoms with Gasteiger partial charge in [0.25, 0.3) is 0 Å². The molecule has 0 aliphatic heterocycles. The Balaban J connectivity index is 2.36. The number of hydrogen-bond donors (Lipinski definition) is 1. The third-order valence-electron chi connectivity index (χ3n) is 1.62. The van der Waals surface area contributed by atoms with Crippen LogP contribution in [-0.4, -0.2) is 4.98 Å². The Hall–Kier alpha value is -1.14. The topological polar surface area (TPSA) is 38.9 Å². The number of nitrogens with zero attached hydrogens (tertiary/aromatic N) is 1. The Bertz CT molecular complexity index is 448. The maximum Gasteiger partial charge on any atom is 0.154 e. The summed E-state index contributed by atoms with van der Waals surface area (Å²) in [6.45, 7) is 0. The molecule has 15 heavy (non-hydrogen) atoms. The van der Waals surface area contributed by atoms with Crippen molar-refractivity contribution in [3.8, 4) is 0 Å². The predicted molar refractivity (Wildman–Crippen MR) is 57.0 cm³/mol. The number of aromatic nitrogens is 1. The van der Waals surface area contributed by atoms with Crippen molar-refractivity contribution in [2.45, 2.75) is 9.24 Å². The van der Waals surface area contributed by atoms with Gasteiger partial charge in [0.15, 0.2) is 4.34 Å². The molecule has 0 amide bonds. The van der Waals surface area contributed by atoms with E-state index >= 15 is 0 Å². The third-order valence-corrected chi connectivity index (χ3v) is 3.60. The number of benzene rings is 1. The lowest BCUT2D eigenvalue weighted by molar-refractivity contribution is 0.542. The number of nitrogens with two attached hydrogens (primary N) is 1. The van der Waals surface area contributed by atoms with E-state index in [1.807, 2.05) is 0 Å². The minimum Gasteiger partial charge on any atom is -0.399 e. The minimum atomic E-state index is -0.660. The summed E-state index contributed by atoms with van der Waals surface area (Å²) in [5, 5.41) is 1.75. The molecule has 0 bridgehead atoms. The van der Waals surface area contributed by atoms with Crippen LogP contribution in [0, 0.1) is 11.6 Å². The molecule has 0 saturated carbocycles. The Morgan fingerprint density at radius 2 is 1.93 bits per heavy atom. The summed E-state index contributed by atoms with van der Waals surface area (Å²) in [7, 11) is 0. The number of anilines is 1. The number of rotatable bonds is 2. The summed E-state index contributed by atoms with van der Waals surface area (Å²) in [5.74, 6) is -1.32. The molecule has 0 radical (unpaired) electrons. The minimum absolute atomic E-state index is 0.0702. The van der Waals surface area contributed by atoms with E-state index in [2.05, 4.69) is 4.98 Å². The molecular weight excluding hydrogens is 238 g/mol. The van der Waals surface area contributed by atoms with Gasteiger partial charge in [-0.1, -0.05) is 11.8 Å². The van der Waals surface area contributed by atoms with E-state index < -0.39 is 11.6 Å². The molecule has 6 heteroatoms. The van der Waals surface area contributed by atoms with Crippen LogP contribution in [0.25, 0.3) is 0 Å². The maximum absolute atomic E-state index is 13.3. The van der Waals surface area contributed by atoms with Crippen LogP contribution >= 0.6 is 23.1 Å². The molecule has 1 heterocycles. The van der Waals surface area contributed by atoms with Gasteiger partial charge in [-0.15, -0.1) is 11.3 Å². The highest BCUT2D eigenvalue weighted by Crippen LogP contribution is 2.34. The summed E-state index contributed by atoms with van der Waals surface area (Å²) >= 11 is 2.28. The molecule has 0 spiro atoms. The second kappa shape index (κ2) is 4.16. The Labute approximate surface area is 93.1 Å². The smallest absolute Gasteiger partial charge is 0.154 e. The molecule has 0 aliphatic rings. The van der Waals surface area contributed by atoms with Crippen LogP contribution in [0.5, 0.6) is 0 Å². The Morgan fingerprint density at radius 1 is 1.27 bits per heavy atom. The quantitative estimate of drug-likeness (QED) is 0.825. The van der Waals surface area contributed by atoms with Gasteiger partial charge in [-0.3, -0.25) is 0 Å². The van der Waals surface area contributed by atoms with Gasteiger partial charge >= 0.3 is 0 Å². The average Bonchev–Trinajstić information content (AvgIpc) is 2.63. The molecule has 1 aromatic heterocycles. The zero-order valence-corrected chi connectivity index (χ0v) is 9.04. The highest BCUT2D eigenvalue weighted by atomic mass is 32.2. The third kappa shape index (κ3) is 2.27. The summed E-state index contributed by atoms with van der Waals surface area (Å²) in [6.07, 6.45) is 1.58. The van der Waals surface area contributed by atoms with Crippen molar-refractivity contribution in [1.29, 1.82) is 0 Å². The average molecular weight is 244 g/mol. The SMILES string of the molecule is Nc1cc(F)c(Sc2nccs2)c(F)c1. The standard InChI is InChI=1S/C9H6F2N2S2/c10-6-3-5(12)4-7(11)8(6)15-9-13-1-2-14-9/h1-4H,12H2. The largest absolute Gasteiger partial charge is 0.399 e. The first kappa shape index (κ1) is 10.4. The first-order valence-corrected chi connectivity index (χ1v) is 5.68. The first-order valence-electron chi connectivity index (χ1n) is 3.98. The fourth-order valence-corrected chi connectivity index (χ4v) is 2.60. The predicted octanol–water partition coefficient (Wildman–Crippen LogP) is 3.15. The molecule has 0 aliphatic carbocycles. The van der Waals surface area contributed by atoms with Gasteiger partial charge in [0, 0.05) is 17.3 Å². The zero-order valence-electron chi connectivity index (χ0n) is 7.41. The van der Waals surface area contributed by atoms with Crippen molar-refractivity contribution in [2.75, 3.05) is 5.73 Å². The van der Waals surface area contributed by atoms with Crippen molar-refractivity contribution in [2.24, 2.45) is 0 Å². The Kier molecular flexibility index (Phi) is 2.88. The van der Waals surface area contributed by atoms with Crippen LogP contribution in [0.3, 0.4) is 0 Å². The monoisotopic (exact) mass is 244 g/mol. The van der Waals surface area contributed by atoms with Crippen molar-refractivity contribution in [3.63, 3.8) is 0 Å². The van der Waals surface area contributed by atoms with E-state index in [1.165, 1.54) is 11.3 Å². The maximum atomic E-state index is 13.3. The fraction of sp³-hybridized carbons (Fsp3) is 0. The molecule has 0 saturated heterocycles. The van der Waals surface area contributed by atoms with Crippen LogP contribution in [0.1, 0.15) is 0 Å². The normalized spacial score (nSPS) is 10.5. The zero-order chi connectivity index (χ0) is 10.8. The van der Waals surface area contributed by atoms with Crippen LogP contribution < -0.4 is 5.73 Å². The lowest BCUT2D eigenvalue weighted by Crippen LogP contribution is -1.92. The van der Waals surface area contributed by atoms with Crippen LogP contribution in [0.15, 0.2) is 32.9 Å². The fourth-order valence-electron chi connectivity index (χ4n) is 1.03. The van der Waals surface area contributed by atoms with Gasteiger partial charge in [-0.05, 0) is 12.1 Å². The highest BCUT2D eigenvalue weighted by molar-refractivity contribution is 8.01. The van der Waals surface area contributed by atoms with E-state index in [0.717, 1.165) is 23.9 Å². The van der Waals surface area contributed by atoms with Crippen LogP contribution in [-0.2, 0) is 0 Å². The molecule has 2 rings (SSSR count). The summed E-state index contributed by atoms with van der Waals surface area (Å²) in [6, 6.07) is 2.19. The summed E-state index contributed by atoms with van der Waals surface area (Å²) in [4.78, 5) is 3.86. The van der Waals surface area contributed by atoms with E-state index in [4.69, 9.17) is 5.73 Å². The van der Waals surface area contributed by atoms with Gasteiger partial charge in [-0.2, -0.15) is 0 Å². The number of thiazole rings is 1. The van der Waals surface area contributed by atoms with Crippen LogP contribution in [0.2, 0.25) is 0 Å². The lowest BCUT2D eigenvalue weighted by atomic mass is 10.3. The van der Waals surface area contributed by atoms with Crippen LogP contribution in [0.4, 0.5) is 14.5 Å². The molecular formula is C9H6F2N2S2. The summed E-state index contributed by atoms with van der Waals surface area (Å²) < 4.78 is 27.3. The van der Waals surface area contributed by atoms with E-state index in [9.17, 15) is 8.78 Å². The number of nitrogen functional groups attached to an aromatic ring is 1. The molecule has 0 atom stereocenters. The molecule has 2 nitrogen and oxygen atoms in total.